The van der Waals surface area contributed by atoms with E-state index in [9.17, 15) is 5.11 Å². The van der Waals surface area contributed by atoms with Crippen LogP contribution in [0.4, 0.5) is 0 Å². The monoisotopic (exact) mass is 246 g/mol. The molecular weight excluding hydrogens is 220 g/mol. The van der Waals surface area contributed by atoms with E-state index in [0.29, 0.717) is 0 Å². The quantitative estimate of drug-likeness (QED) is 0.793. The van der Waals surface area contributed by atoms with Gasteiger partial charge in [-0.25, -0.2) is 0 Å². The molecule has 0 bridgehead atoms. The van der Waals surface area contributed by atoms with Crippen LogP contribution >= 0.6 is 0 Å². The molecule has 0 spiro atoms. The molecule has 1 unspecified atom stereocenters. The molecule has 1 fully saturated rings. The molecule has 0 amide bonds. The van der Waals surface area contributed by atoms with Crippen molar-refractivity contribution in [3.05, 3.63) is 35.9 Å². The summed E-state index contributed by atoms with van der Waals surface area (Å²) in [5, 5.41) is 10.6. The van der Waals surface area contributed by atoms with E-state index < -0.39 is 0 Å². The minimum absolute atomic E-state index is 0.0677. The van der Waals surface area contributed by atoms with Crippen molar-refractivity contribution in [1.82, 2.24) is 0 Å². The van der Waals surface area contributed by atoms with Gasteiger partial charge >= 0.3 is 0 Å². The first-order valence-electron chi connectivity index (χ1n) is 7.39. The Labute approximate surface area is 111 Å². The third-order valence-corrected chi connectivity index (χ3v) is 4.49. The smallest absolute Gasteiger partial charge is 0.0636 e. The summed E-state index contributed by atoms with van der Waals surface area (Å²) >= 11 is 0. The van der Waals surface area contributed by atoms with Crippen LogP contribution in [0, 0.1) is 5.92 Å². The number of benzene rings is 1. The molecule has 1 aromatic carbocycles. The predicted octanol–water partition coefficient (Wildman–Crippen LogP) is 4.30. The molecule has 1 aliphatic carbocycles. The third-order valence-electron chi connectivity index (χ3n) is 4.49. The summed E-state index contributed by atoms with van der Waals surface area (Å²) in [5.41, 5.74) is 1.41. The number of hydrogen-bond acceptors (Lipinski definition) is 1. The topological polar surface area (TPSA) is 20.2 Å². The molecule has 1 atom stereocenters. The van der Waals surface area contributed by atoms with Gasteiger partial charge in [0, 0.05) is 5.41 Å². The van der Waals surface area contributed by atoms with E-state index in [4.69, 9.17) is 0 Å². The zero-order chi connectivity index (χ0) is 13.0. The molecule has 1 saturated carbocycles. The fraction of sp³-hybridized carbons (Fsp3) is 0.647. The Morgan fingerprint density at radius 2 is 1.78 bits per heavy atom. The highest BCUT2D eigenvalue weighted by molar-refractivity contribution is 5.29. The van der Waals surface area contributed by atoms with Crippen LogP contribution in [0.5, 0.6) is 0 Å². The van der Waals surface area contributed by atoms with Crippen LogP contribution in [-0.4, -0.2) is 11.2 Å². The standard InChI is InChI=1S/C17H26O/c1-14(2)8-6-11-16(18)17(12-7-13-17)15-9-4-3-5-10-15/h3-5,9-10,14,16,18H,6-8,11-13H2,1-2H3. The van der Waals surface area contributed by atoms with Gasteiger partial charge in [0.15, 0.2) is 0 Å². The highest BCUT2D eigenvalue weighted by Gasteiger charge is 2.44. The molecule has 1 aromatic rings. The first-order valence-corrected chi connectivity index (χ1v) is 7.39. The first kappa shape index (κ1) is 13.6. The lowest BCUT2D eigenvalue weighted by molar-refractivity contribution is 0.0200. The Kier molecular flexibility index (Phi) is 4.45. The predicted molar refractivity (Wildman–Crippen MR) is 76.7 cm³/mol. The van der Waals surface area contributed by atoms with E-state index in [1.165, 1.54) is 18.4 Å². The Bertz CT molecular complexity index is 351. The summed E-state index contributed by atoms with van der Waals surface area (Å²) in [6, 6.07) is 10.6. The zero-order valence-electron chi connectivity index (χ0n) is 11.7. The Hall–Kier alpha value is -0.820. The van der Waals surface area contributed by atoms with Gasteiger partial charge in [-0.15, -0.1) is 0 Å². The molecule has 18 heavy (non-hydrogen) atoms. The van der Waals surface area contributed by atoms with Crippen molar-refractivity contribution in [3.63, 3.8) is 0 Å². The highest BCUT2D eigenvalue weighted by atomic mass is 16.3. The largest absolute Gasteiger partial charge is 0.392 e. The van der Waals surface area contributed by atoms with Gasteiger partial charge in [-0.2, -0.15) is 0 Å². The second kappa shape index (κ2) is 5.88. The summed E-state index contributed by atoms with van der Waals surface area (Å²) in [4.78, 5) is 0. The van der Waals surface area contributed by atoms with Crippen molar-refractivity contribution in [2.75, 3.05) is 0 Å². The van der Waals surface area contributed by atoms with E-state index in [-0.39, 0.29) is 11.5 Å². The van der Waals surface area contributed by atoms with Crippen LogP contribution in [-0.2, 0) is 5.41 Å². The van der Waals surface area contributed by atoms with Crippen molar-refractivity contribution < 1.29 is 5.11 Å². The summed E-state index contributed by atoms with van der Waals surface area (Å²) in [6.07, 6.45) is 6.73. The van der Waals surface area contributed by atoms with E-state index in [1.807, 2.05) is 0 Å². The summed E-state index contributed by atoms with van der Waals surface area (Å²) in [6.45, 7) is 4.51. The Morgan fingerprint density at radius 1 is 1.11 bits per heavy atom. The lowest BCUT2D eigenvalue weighted by Crippen LogP contribution is -2.45. The minimum atomic E-state index is -0.160. The maximum Gasteiger partial charge on any atom is 0.0636 e. The molecule has 0 heterocycles. The lowest BCUT2D eigenvalue weighted by Gasteiger charge is -2.46. The molecule has 0 aliphatic heterocycles. The maximum atomic E-state index is 10.6. The third kappa shape index (κ3) is 2.77. The zero-order valence-corrected chi connectivity index (χ0v) is 11.7. The van der Waals surface area contributed by atoms with Gasteiger partial charge in [-0.3, -0.25) is 0 Å². The van der Waals surface area contributed by atoms with Crippen molar-refractivity contribution in [1.29, 1.82) is 0 Å². The number of aliphatic hydroxyl groups excluding tert-OH is 1. The molecular formula is C17H26O. The van der Waals surface area contributed by atoms with Gasteiger partial charge in [0.2, 0.25) is 0 Å². The summed E-state index contributed by atoms with van der Waals surface area (Å²) < 4.78 is 0. The van der Waals surface area contributed by atoms with Gasteiger partial charge < -0.3 is 5.11 Å². The van der Waals surface area contributed by atoms with Gasteiger partial charge in [-0.1, -0.05) is 63.4 Å². The number of rotatable bonds is 6. The molecule has 0 aromatic heterocycles. The average Bonchev–Trinajstić information content (AvgIpc) is 2.28. The first-order chi connectivity index (χ1) is 8.65. The fourth-order valence-electron chi connectivity index (χ4n) is 3.14. The van der Waals surface area contributed by atoms with Crippen LogP contribution in [0.2, 0.25) is 0 Å². The van der Waals surface area contributed by atoms with Gasteiger partial charge in [0.05, 0.1) is 6.10 Å². The second-order valence-electron chi connectivity index (χ2n) is 6.22. The second-order valence-corrected chi connectivity index (χ2v) is 6.22. The van der Waals surface area contributed by atoms with Crippen molar-refractivity contribution >= 4 is 0 Å². The van der Waals surface area contributed by atoms with Gasteiger partial charge in [0.1, 0.15) is 0 Å². The molecule has 1 N–H and O–H groups in total. The summed E-state index contributed by atoms with van der Waals surface area (Å²) in [5.74, 6) is 0.742. The molecule has 0 saturated heterocycles. The average molecular weight is 246 g/mol. The number of hydrogen-bond donors (Lipinski definition) is 1. The lowest BCUT2D eigenvalue weighted by atomic mass is 9.60. The van der Waals surface area contributed by atoms with E-state index in [0.717, 1.165) is 31.6 Å². The van der Waals surface area contributed by atoms with Crippen molar-refractivity contribution in [3.8, 4) is 0 Å². The highest BCUT2D eigenvalue weighted by Crippen LogP contribution is 2.47. The molecule has 100 valence electrons. The summed E-state index contributed by atoms with van der Waals surface area (Å²) in [7, 11) is 0. The van der Waals surface area contributed by atoms with Crippen LogP contribution in [0.25, 0.3) is 0 Å². The molecule has 1 aliphatic rings. The van der Waals surface area contributed by atoms with Crippen LogP contribution < -0.4 is 0 Å². The minimum Gasteiger partial charge on any atom is -0.392 e. The van der Waals surface area contributed by atoms with Gasteiger partial charge in [0.25, 0.3) is 0 Å². The van der Waals surface area contributed by atoms with E-state index in [1.54, 1.807) is 0 Å². The van der Waals surface area contributed by atoms with Crippen LogP contribution in [0.3, 0.4) is 0 Å². The molecule has 2 rings (SSSR count). The fourth-order valence-corrected chi connectivity index (χ4v) is 3.14. The van der Waals surface area contributed by atoms with Crippen LogP contribution in [0.15, 0.2) is 30.3 Å². The Balaban J connectivity index is 1.99. The van der Waals surface area contributed by atoms with Crippen molar-refractivity contribution in [2.45, 2.75) is 63.9 Å². The SMILES string of the molecule is CC(C)CCCC(O)C1(c2ccccc2)CCC1. The van der Waals surface area contributed by atoms with E-state index in [2.05, 4.69) is 44.2 Å². The molecule has 1 heteroatoms. The maximum absolute atomic E-state index is 10.6. The van der Waals surface area contributed by atoms with Crippen LogP contribution in [0.1, 0.15) is 57.9 Å². The Morgan fingerprint density at radius 3 is 2.28 bits per heavy atom. The van der Waals surface area contributed by atoms with Gasteiger partial charge in [-0.05, 0) is 30.7 Å². The normalized spacial score (nSPS) is 19.6. The van der Waals surface area contributed by atoms with E-state index >= 15 is 0 Å². The molecule has 1 nitrogen and oxygen atoms in total. The number of aliphatic hydroxyl groups is 1. The van der Waals surface area contributed by atoms with Crippen molar-refractivity contribution in [2.24, 2.45) is 5.92 Å². The molecule has 0 radical (unpaired) electrons.